The van der Waals surface area contributed by atoms with Crippen LogP contribution in [0.4, 0.5) is 5.69 Å². The molecular weight excluding hydrogens is 366 g/mol. The molecule has 27 heavy (non-hydrogen) atoms. The van der Waals surface area contributed by atoms with Gasteiger partial charge in [-0.1, -0.05) is 0 Å². The SMILES string of the molecule is COc1ccc(N(CCC(=O)N(C)CCc2ccncc2)S(C)(=O)=O)cc1. The van der Waals surface area contributed by atoms with E-state index in [1.807, 2.05) is 12.1 Å². The van der Waals surface area contributed by atoms with Gasteiger partial charge in [0.05, 0.1) is 19.1 Å². The van der Waals surface area contributed by atoms with Crippen LogP contribution < -0.4 is 9.04 Å². The van der Waals surface area contributed by atoms with Gasteiger partial charge in [-0.15, -0.1) is 0 Å². The molecule has 146 valence electrons. The maximum absolute atomic E-state index is 12.4. The largest absolute Gasteiger partial charge is 0.497 e. The minimum Gasteiger partial charge on any atom is -0.497 e. The summed E-state index contributed by atoms with van der Waals surface area (Å²) in [5.41, 5.74) is 1.60. The van der Waals surface area contributed by atoms with Gasteiger partial charge in [0.1, 0.15) is 5.75 Å². The van der Waals surface area contributed by atoms with E-state index in [0.29, 0.717) is 18.0 Å². The third-order valence-electron chi connectivity index (χ3n) is 4.20. The van der Waals surface area contributed by atoms with Crippen LogP contribution in [0.25, 0.3) is 0 Å². The van der Waals surface area contributed by atoms with Crippen molar-refractivity contribution < 1.29 is 17.9 Å². The number of likely N-dealkylation sites (N-methyl/N-ethyl adjacent to an activating group) is 1. The van der Waals surface area contributed by atoms with Crippen LogP contribution in [0, 0.1) is 0 Å². The Kier molecular flexibility index (Phi) is 7.18. The van der Waals surface area contributed by atoms with Gasteiger partial charge in [-0.2, -0.15) is 0 Å². The van der Waals surface area contributed by atoms with Gasteiger partial charge in [-0.05, 0) is 48.4 Å². The second-order valence-corrected chi connectivity index (χ2v) is 8.11. The fraction of sp³-hybridized carbons (Fsp3) is 0.368. The lowest BCUT2D eigenvalue weighted by molar-refractivity contribution is -0.129. The van der Waals surface area contributed by atoms with Gasteiger partial charge in [0.25, 0.3) is 0 Å². The lowest BCUT2D eigenvalue weighted by Gasteiger charge is -2.24. The molecule has 1 aromatic carbocycles. The van der Waals surface area contributed by atoms with Crippen LogP contribution in [-0.4, -0.2) is 57.7 Å². The zero-order valence-corrected chi connectivity index (χ0v) is 16.6. The first-order valence-electron chi connectivity index (χ1n) is 8.56. The topological polar surface area (TPSA) is 79.8 Å². The van der Waals surface area contributed by atoms with Crippen molar-refractivity contribution >= 4 is 21.6 Å². The number of aromatic nitrogens is 1. The number of ether oxygens (including phenoxy) is 1. The quantitative estimate of drug-likeness (QED) is 0.653. The number of hydrogen-bond donors (Lipinski definition) is 0. The third-order valence-corrected chi connectivity index (χ3v) is 5.39. The summed E-state index contributed by atoms with van der Waals surface area (Å²) in [7, 11) is -0.230. The first-order valence-corrected chi connectivity index (χ1v) is 10.4. The van der Waals surface area contributed by atoms with Crippen molar-refractivity contribution in [3.8, 4) is 5.75 Å². The van der Waals surface area contributed by atoms with Gasteiger partial charge in [0, 0.05) is 39.0 Å². The molecule has 0 unspecified atom stereocenters. The van der Waals surface area contributed by atoms with Crippen LogP contribution in [0.2, 0.25) is 0 Å². The molecule has 7 nitrogen and oxygen atoms in total. The molecule has 0 aliphatic carbocycles. The van der Waals surface area contributed by atoms with E-state index < -0.39 is 10.0 Å². The molecule has 0 saturated heterocycles. The normalized spacial score (nSPS) is 11.1. The Balaban J connectivity index is 1.96. The van der Waals surface area contributed by atoms with E-state index in [-0.39, 0.29) is 18.9 Å². The molecule has 1 heterocycles. The van der Waals surface area contributed by atoms with Crippen molar-refractivity contribution in [3.05, 3.63) is 54.4 Å². The van der Waals surface area contributed by atoms with E-state index in [1.54, 1.807) is 55.7 Å². The third kappa shape index (κ3) is 6.25. The Morgan fingerprint density at radius 2 is 1.70 bits per heavy atom. The van der Waals surface area contributed by atoms with E-state index in [9.17, 15) is 13.2 Å². The maximum Gasteiger partial charge on any atom is 0.232 e. The number of methoxy groups -OCH3 is 1. The summed E-state index contributed by atoms with van der Waals surface area (Å²) in [6, 6.07) is 10.5. The standard InChI is InChI=1S/C19H25N3O4S/c1-21(14-10-16-8-12-20-13-9-16)19(23)11-15-22(27(3,24)25)17-4-6-18(26-2)7-5-17/h4-9,12-13H,10-11,14-15H2,1-3H3. The first-order chi connectivity index (χ1) is 12.8. The van der Waals surface area contributed by atoms with Crippen molar-refractivity contribution in [1.82, 2.24) is 9.88 Å². The van der Waals surface area contributed by atoms with Gasteiger partial charge < -0.3 is 9.64 Å². The lowest BCUT2D eigenvalue weighted by atomic mass is 10.2. The molecule has 0 saturated carbocycles. The number of anilines is 1. The average molecular weight is 391 g/mol. The van der Waals surface area contributed by atoms with E-state index in [1.165, 1.54) is 4.31 Å². The van der Waals surface area contributed by atoms with Crippen LogP contribution in [0.3, 0.4) is 0 Å². The number of amides is 1. The fourth-order valence-corrected chi connectivity index (χ4v) is 3.52. The first kappa shape index (κ1) is 20.7. The van der Waals surface area contributed by atoms with Crippen LogP contribution in [-0.2, 0) is 21.2 Å². The molecule has 0 N–H and O–H groups in total. The van der Waals surface area contributed by atoms with Gasteiger partial charge in [0.15, 0.2) is 0 Å². The molecule has 0 spiro atoms. The van der Waals surface area contributed by atoms with Gasteiger partial charge in [0.2, 0.25) is 15.9 Å². The summed E-state index contributed by atoms with van der Waals surface area (Å²) in [6.45, 7) is 0.647. The minimum absolute atomic E-state index is 0.0869. The molecule has 8 heteroatoms. The molecule has 0 bridgehead atoms. The summed E-state index contributed by atoms with van der Waals surface area (Å²) in [4.78, 5) is 18.0. The Bertz CT molecular complexity index is 839. The number of hydrogen-bond acceptors (Lipinski definition) is 5. The maximum atomic E-state index is 12.4. The Hall–Kier alpha value is -2.61. The number of carbonyl (C=O) groups excluding carboxylic acids is 1. The summed E-state index contributed by atoms with van der Waals surface area (Å²) in [6.07, 6.45) is 5.39. The summed E-state index contributed by atoms with van der Waals surface area (Å²) < 4.78 is 30.6. The monoisotopic (exact) mass is 391 g/mol. The minimum atomic E-state index is -3.50. The zero-order valence-electron chi connectivity index (χ0n) is 15.8. The number of nitrogens with zero attached hydrogens (tertiary/aromatic N) is 3. The Morgan fingerprint density at radius 1 is 1.07 bits per heavy atom. The van der Waals surface area contributed by atoms with Crippen molar-refractivity contribution in [3.63, 3.8) is 0 Å². The molecule has 0 aliphatic heterocycles. The Labute approximate surface area is 160 Å². The van der Waals surface area contributed by atoms with E-state index in [0.717, 1.165) is 18.2 Å². The number of rotatable bonds is 9. The van der Waals surface area contributed by atoms with Crippen molar-refractivity contribution in [2.45, 2.75) is 12.8 Å². The van der Waals surface area contributed by atoms with Crippen LogP contribution in [0.5, 0.6) is 5.75 Å². The smallest absolute Gasteiger partial charge is 0.232 e. The molecule has 1 aromatic heterocycles. The summed E-state index contributed by atoms with van der Waals surface area (Å²) >= 11 is 0. The summed E-state index contributed by atoms with van der Waals surface area (Å²) in [5.74, 6) is 0.533. The summed E-state index contributed by atoms with van der Waals surface area (Å²) in [5, 5.41) is 0. The average Bonchev–Trinajstić information content (AvgIpc) is 2.66. The molecule has 0 fully saturated rings. The highest BCUT2D eigenvalue weighted by atomic mass is 32.2. The number of carbonyl (C=O) groups is 1. The zero-order chi connectivity index (χ0) is 19.9. The van der Waals surface area contributed by atoms with Crippen molar-refractivity contribution in [1.29, 1.82) is 0 Å². The fourth-order valence-electron chi connectivity index (χ4n) is 2.59. The van der Waals surface area contributed by atoms with Crippen molar-refractivity contribution in [2.24, 2.45) is 0 Å². The molecular formula is C19H25N3O4S. The van der Waals surface area contributed by atoms with Crippen LogP contribution in [0.15, 0.2) is 48.8 Å². The molecule has 1 amide bonds. The number of pyridine rings is 1. The second kappa shape index (κ2) is 9.36. The van der Waals surface area contributed by atoms with Gasteiger partial charge in [-0.25, -0.2) is 8.42 Å². The molecule has 0 radical (unpaired) electrons. The van der Waals surface area contributed by atoms with Gasteiger partial charge in [-0.3, -0.25) is 14.1 Å². The highest BCUT2D eigenvalue weighted by Gasteiger charge is 2.20. The predicted octanol–water partition coefficient (Wildman–Crippen LogP) is 1.95. The second-order valence-electron chi connectivity index (χ2n) is 6.20. The molecule has 0 aliphatic rings. The van der Waals surface area contributed by atoms with Crippen LogP contribution in [0.1, 0.15) is 12.0 Å². The predicted molar refractivity (Wildman–Crippen MR) is 105 cm³/mol. The Morgan fingerprint density at radius 3 is 2.26 bits per heavy atom. The molecule has 2 aromatic rings. The van der Waals surface area contributed by atoms with Crippen LogP contribution >= 0.6 is 0 Å². The van der Waals surface area contributed by atoms with E-state index in [2.05, 4.69) is 4.98 Å². The number of sulfonamides is 1. The van der Waals surface area contributed by atoms with Crippen molar-refractivity contribution in [2.75, 3.05) is 37.8 Å². The van der Waals surface area contributed by atoms with Gasteiger partial charge >= 0.3 is 0 Å². The highest BCUT2D eigenvalue weighted by Crippen LogP contribution is 2.21. The lowest BCUT2D eigenvalue weighted by Crippen LogP contribution is -2.36. The van der Waals surface area contributed by atoms with E-state index >= 15 is 0 Å². The molecule has 0 atom stereocenters. The molecule has 2 rings (SSSR count). The number of benzene rings is 1. The highest BCUT2D eigenvalue weighted by molar-refractivity contribution is 7.92. The van der Waals surface area contributed by atoms with E-state index in [4.69, 9.17) is 4.74 Å².